The minimum atomic E-state index is -0.809. The van der Waals surface area contributed by atoms with Crippen LogP contribution in [-0.2, 0) is 0 Å². The first-order valence-electron chi connectivity index (χ1n) is 24.5. The molecule has 0 aliphatic rings. The summed E-state index contributed by atoms with van der Waals surface area (Å²) >= 11 is 0. The van der Waals surface area contributed by atoms with Crippen LogP contribution in [0.2, 0.25) is 0 Å². The standard InChI is InChI=1S/C52H35N/c1-2-15-40(16-3-1)52-47-21-9-5-14-37(47)29-34-48(52)39-27-32-43(33-28-39)53(51-35-41-17-6-8-20-46(41)49-22-10-11-23-50(49)51)42-30-25-38(26-31-42)45-24-12-18-36-13-4-7-19-44(36)45/h1-35H/i1D,2D,3D,5D,9D,14D,15D,16D,21D,27D,28D,29D,32D,33D,34D. The molecule has 0 N–H and O–H groups in total. The monoisotopic (exact) mass is 688 g/mol. The first kappa shape index (κ1) is 19.0. The summed E-state index contributed by atoms with van der Waals surface area (Å²) in [5, 5.41) is 4.47. The minimum Gasteiger partial charge on any atom is -0.310 e. The second-order valence-electron chi connectivity index (χ2n) is 12.5. The number of rotatable bonds is 6. The van der Waals surface area contributed by atoms with Crippen molar-refractivity contribution in [2.24, 2.45) is 0 Å². The molecule has 0 radical (unpaired) electrons. The molecule has 0 aromatic heterocycles. The van der Waals surface area contributed by atoms with Crippen molar-refractivity contribution in [3.05, 3.63) is 212 Å². The molecule has 0 aliphatic heterocycles. The summed E-state index contributed by atoms with van der Waals surface area (Å²) in [6, 6.07) is 27.7. The normalized spacial score (nSPS) is 15.4. The zero-order valence-electron chi connectivity index (χ0n) is 43.0. The lowest BCUT2D eigenvalue weighted by molar-refractivity contribution is 1.30. The van der Waals surface area contributed by atoms with Gasteiger partial charge in [0, 0.05) is 16.8 Å². The van der Waals surface area contributed by atoms with Gasteiger partial charge in [0.2, 0.25) is 0 Å². The lowest BCUT2D eigenvalue weighted by Crippen LogP contribution is -2.10. The second kappa shape index (κ2) is 13.0. The van der Waals surface area contributed by atoms with Gasteiger partial charge >= 0.3 is 0 Å². The summed E-state index contributed by atoms with van der Waals surface area (Å²) in [4.78, 5) is 1.65. The lowest BCUT2D eigenvalue weighted by Gasteiger charge is -2.28. The molecular weight excluding hydrogens is 639 g/mol. The Morgan fingerprint density at radius 1 is 0.340 bits per heavy atom. The van der Waals surface area contributed by atoms with E-state index in [-0.39, 0.29) is 5.69 Å². The van der Waals surface area contributed by atoms with Crippen molar-refractivity contribution in [3.63, 3.8) is 0 Å². The highest BCUT2D eigenvalue weighted by Gasteiger charge is 2.19. The van der Waals surface area contributed by atoms with E-state index in [0.29, 0.717) is 11.4 Å². The quantitative estimate of drug-likeness (QED) is 0.157. The Morgan fingerprint density at radius 3 is 1.81 bits per heavy atom. The molecule has 53 heavy (non-hydrogen) atoms. The van der Waals surface area contributed by atoms with Gasteiger partial charge < -0.3 is 4.90 Å². The fourth-order valence-electron chi connectivity index (χ4n) is 7.14. The summed E-state index contributed by atoms with van der Waals surface area (Å²) in [7, 11) is 0. The van der Waals surface area contributed by atoms with Crippen molar-refractivity contribution in [3.8, 4) is 33.4 Å². The van der Waals surface area contributed by atoms with E-state index in [4.69, 9.17) is 13.7 Å². The third-order valence-corrected chi connectivity index (χ3v) is 9.55. The fraction of sp³-hybridized carbons (Fsp3) is 0. The molecule has 10 rings (SSSR count). The average molecular weight is 689 g/mol. The van der Waals surface area contributed by atoms with Crippen LogP contribution in [0.25, 0.3) is 76.5 Å². The summed E-state index contributed by atoms with van der Waals surface area (Å²) < 4.78 is 136. The molecule has 0 spiro atoms. The van der Waals surface area contributed by atoms with Crippen molar-refractivity contribution >= 4 is 60.2 Å². The van der Waals surface area contributed by atoms with Gasteiger partial charge in [0.25, 0.3) is 0 Å². The molecule has 0 amide bonds. The van der Waals surface area contributed by atoms with Gasteiger partial charge in [-0.15, -0.1) is 0 Å². The molecule has 0 heterocycles. The number of nitrogens with zero attached hydrogens (tertiary/aromatic N) is 1. The highest BCUT2D eigenvalue weighted by molar-refractivity contribution is 6.14. The van der Waals surface area contributed by atoms with Crippen LogP contribution in [-0.4, -0.2) is 0 Å². The highest BCUT2D eigenvalue weighted by atomic mass is 15.1. The zero-order valence-corrected chi connectivity index (χ0v) is 28.0. The Morgan fingerprint density at radius 2 is 1.00 bits per heavy atom. The molecule has 10 aromatic carbocycles. The molecule has 0 unspecified atom stereocenters. The van der Waals surface area contributed by atoms with E-state index in [1.165, 1.54) is 0 Å². The Balaban J connectivity index is 1.31. The Kier molecular flexibility index (Phi) is 4.66. The zero-order chi connectivity index (χ0) is 48.2. The van der Waals surface area contributed by atoms with Crippen LogP contribution in [0.1, 0.15) is 20.6 Å². The first-order chi connectivity index (χ1) is 32.5. The molecular formula is C52H35N. The summed E-state index contributed by atoms with van der Waals surface area (Å²) in [6.45, 7) is 0. The third-order valence-electron chi connectivity index (χ3n) is 9.55. The van der Waals surface area contributed by atoms with Crippen LogP contribution in [0, 0.1) is 0 Å². The molecule has 0 fully saturated rings. The SMILES string of the molecule is [2H]c1c([2H])c([2H])c(-c2c(-c3c([2H])c([2H])c(N(c4ccc(-c5cccc6ccccc56)cc4)c4cc5ccccc5c5ccccc45)c([2H])c3[2H])c([2H])c([2H])c3c([2H])c([2H])c([2H])c([2H])c23)c([2H])c1[2H]. The van der Waals surface area contributed by atoms with Crippen molar-refractivity contribution < 1.29 is 20.6 Å². The second-order valence-corrected chi connectivity index (χ2v) is 12.5. The average Bonchev–Trinajstić information content (AvgIpc) is 3.36. The molecule has 0 bridgehead atoms. The van der Waals surface area contributed by atoms with Crippen LogP contribution >= 0.6 is 0 Å². The van der Waals surface area contributed by atoms with Gasteiger partial charge in [-0.3, -0.25) is 0 Å². The number of benzene rings is 10. The number of hydrogen-bond donors (Lipinski definition) is 0. The van der Waals surface area contributed by atoms with Crippen molar-refractivity contribution in [1.82, 2.24) is 0 Å². The molecule has 0 atom stereocenters. The summed E-state index contributed by atoms with van der Waals surface area (Å²) in [5.41, 5.74) is 0.372. The largest absolute Gasteiger partial charge is 0.310 e. The first-order valence-corrected chi connectivity index (χ1v) is 17.0. The van der Waals surface area contributed by atoms with Gasteiger partial charge in [-0.05, 0) is 101 Å². The van der Waals surface area contributed by atoms with E-state index in [1.807, 2.05) is 121 Å². The number of hydrogen-bond acceptors (Lipinski definition) is 1. The van der Waals surface area contributed by atoms with Crippen molar-refractivity contribution in [2.45, 2.75) is 0 Å². The van der Waals surface area contributed by atoms with Gasteiger partial charge in [0.1, 0.15) is 0 Å². The Hall–Kier alpha value is -6.96. The minimum absolute atomic E-state index is 0.188. The Bertz CT molecular complexity index is 3750. The smallest absolute Gasteiger partial charge is 0.0645 e. The van der Waals surface area contributed by atoms with Crippen LogP contribution < -0.4 is 4.90 Å². The maximum absolute atomic E-state index is 9.85. The molecule has 0 saturated heterocycles. The molecule has 10 aromatic rings. The van der Waals surface area contributed by atoms with Crippen LogP contribution in [0.15, 0.2) is 212 Å². The maximum Gasteiger partial charge on any atom is 0.0645 e. The summed E-state index contributed by atoms with van der Waals surface area (Å²) in [6.07, 6.45) is 0. The third kappa shape index (κ3) is 5.42. The van der Waals surface area contributed by atoms with E-state index >= 15 is 0 Å². The van der Waals surface area contributed by atoms with Crippen LogP contribution in [0.3, 0.4) is 0 Å². The van der Waals surface area contributed by atoms with Crippen LogP contribution in [0.5, 0.6) is 0 Å². The van der Waals surface area contributed by atoms with Crippen molar-refractivity contribution in [2.75, 3.05) is 4.90 Å². The van der Waals surface area contributed by atoms with Gasteiger partial charge in [-0.1, -0.05) is 182 Å². The molecule has 1 heteroatoms. The Labute approximate surface area is 330 Å². The van der Waals surface area contributed by atoms with E-state index in [2.05, 4.69) is 0 Å². The predicted octanol–water partition coefficient (Wildman–Crippen LogP) is 14.8. The molecule has 0 aliphatic carbocycles. The molecule has 1 nitrogen and oxygen atoms in total. The highest BCUT2D eigenvalue weighted by Crippen LogP contribution is 2.44. The van der Waals surface area contributed by atoms with Gasteiger partial charge in [-0.25, -0.2) is 0 Å². The number of fused-ring (bicyclic) bond motifs is 5. The van der Waals surface area contributed by atoms with Crippen LogP contribution in [0.4, 0.5) is 17.1 Å². The number of anilines is 3. The summed E-state index contributed by atoms with van der Waals surface area (Å²) in [5.74, 6) is 0. The molecule has 0 saturated carbocycles. The van der Waals surface area contributed by atoms with Gasteiger partial charge in [0.05, 0.1) is 26.2 Å². The lowest BCUT2D eigenvalue weighted by atomic mass is 9.89. The fourth-order valence-corrected chi connectivity index (χ4v) is 7.14. The van der Waals surface area contributed by atoms with E-state index in [9.17, 15) is 6.85 Å². The topological polar surface area (TPSA) is 3.24 Å². The van der Waals surface area contributed by atoms with Gasteiger partial charge in [0.15, 0.2) is 0 Å². The maximum atomic E-state index is 9.85. The van der Waals surface area contributed by atoms with E-state index in [0.717, 1.165) is 43.4 Å². The van der Waals surface area contributed by atoms with E-state index in [1.54, 1.807) is 4.90 Å². The van der Waals surface area contributed by atoms with Gasteiger partial charge in [-0.2, -0.15) is 0 Å². The predicted molar refractivity (Wildman–Crippen MR) is 227 cm³/mol. The van der Waals surface area contributed by atoms with Crippen molar-refractivity contribution in [1.29, 1.82) is 0 Å². The molecule has 248 valence electrons. The van der Waals surface area contributed by atoms with E-state index < -0.39 is 124 Å².